The van der Waals surface area contributed by atoms with Crippen LogP contribution in [0, 0.1) is 0 Å². The zero-order valence-corrected chi connectivity index (χ0v) is 15.2. The molecule has 0 aliphatic rings. The lowest BCUT2D eigenvalue weighted by Crippen LogP contribution is -2.36. The minimum atomic E-state index is -0.112. The number of amides is 1. The molecular weight excluding hydrogens is 394 g/mol. The van der Waals surface area contributed by atoms with Gasteiger partial charge in [0, 0.05) is 20.9 Å². The molecule has 0 saturated carbocycles. The summed E-state index contributed by atoms with van der Waals surface area (Å²) in [4.78, 5) is 12.3. The molecule has 0 heterocycles. The lowest BCUT2D eigenvalue weighted by Gasteiger charge is -2.25. The van der Waals surface area contributed by atoms with Gasteiger partial charge in [-0.15, -0.1) is 0 Å². The Balaban J connectivity index is 2.07. The first kappa shape index (κ1) is 16.2. The molecule has 2 aromatic rings. The number of rotatable bonds is 4. The molecule has 0 radical (unpaired) electrons. The highest BCUT2D eigenvalue weighted by Crippen LogP contribution is 2.24. The number of hydrogen-bond acceptors (Lipinski definition) is 1. The normalized spacial score (nSPS) is 11.2. The maximum Gasteiger partial charge on any atom is 0.252 e. The van der Waals surface area contributed by atoms with Crippen LogP contribution >= 0.6 is 31.9 Å². The maximum absolute atomic E-state index is 12.3. The smallest absolute Gasteiger partial charge is 0.252 e. The summed E-state index contributed by atoms with van der Waals surface area (Å²) in [6.45, 7) is 4.83. The summed E-state index contributed by atoms with van der Waals surface area (Å²) in [6, 6.07) is 15.7. The molecule has 0 saturated heterocycles. The lowest BCUT2D eigenvalue weighted by molar-refractivity contribution is 0.0945. The van der Waals surface area contributed by atoms with Crippen molar-refractivity contribution in [3.05, 3.63) is 68.6 Å². The van der Waals surface area contributed by atoms with E-state index in [0.29, 0.717) is 12.1 Å². The van der Waals surface area contributed by atoms with Crippen molar-refractivity contribution in [2.24, 2.45) is 0 Å². The van der Waals surface area contributed by atoms with Crippen molar-refractivity contribution in [3.63, 3.8) is 0 Å². The minimum Gasteiger partial charge on any atom is -0.351 e. The van der Waals surface area contributed by atoms with Crippen LogP contribution in [-0.2, 0) is 5.41 Å². The van der Waals surface area contributed by atoms with Crippen molar-refractivity contribution in [3.8, 4) is 0 Å². The lowest BCUT2D eigenvalue weighted by atomic mass is 9.84. The fraction of sp³-hybridized carbons (Fsp3) is 0.235. The molecule has 1 N–H and O–H groups in total. The summed E-state index contributed by atoms with van der Waals surface area (Å²) in [5.74, 6) is -0.0709. The Kier molecular flexibility index (Phi) is 5.22. The molecule has 0 fully saturated rings. The third-order valence-corrected chi connectivity index (χ3v) is 4.57. The van der Waals surface area contributed by atoms with Gasteiger partial charge in [-0.05, 0) is 39.7 Å². The first-order valence-electron chi connectivity index (χ1n) is 6.69. The third-order valence-electron chi connectivity index (χ3n) is 3.42. The molecule has 0 unspecified atom stereocenters. The van der Waals surface area contributed by atoms with Crippen LogP contribution < -0.4 is 5.32 Å². The van der Waals surface area contributed by atoms with Crippen molar-refractivity contribution < 1.29 is 4.79 Å². The molecule has 1 amide bonds. The number of carbonyl (C=O) groups is 1. The van der Waals surface area contributed by atoms with Crippen LogP contribution in [0.1, 0.15) is 29.8 Å². The van der Waals surface area contributed by atoms with Gasteiger partial charge in [-0.2, -0.15) is 0 Å². The summed E-state index contributed by atoms with van der Waals surface area (Å²) in [5, 5.41) is 3.01. The van der Waals surface area contributed by atoms with E-state index in [2.05, 4.69) is 63.2 Å². The Morgan fingerprint density at radius 3 is 2.38 bits per heavy atom. The van der Waals surface area contributed by atoms with Gasteiger partial charge in [-0.25, -0.2) is 0 Å². The Morgan fingerprint density at radius 2 is 1.76 bits per heavy atom. The van der Waals surface area contributed by atoms with Gasteiger partial charge < -0.3 is 5.32 Å². The van der Waals surface area contributed by atoms with Gasteiger partial charge in [0.1, 0.15) is 0 Å². The third kappa shape index (κ3) is 4.17. The highest BCUT2D eigenvalue weighted by molar-refractivity contribution is 9.11. The molecule has 0 aliphatic carbocycles. The largest absolute Gasteiger partial charge is 0.351 e. The van der Waals surface area contributed by atoms with Gasteiger partial charge in [-0.3, -0.25) is 4.79 Å². The predicted octanol–water partition coefficient (Wildman–Crippen LogP) is 4.92. The van der Waals surface area contributed by atoms with Crippen LogP contribution in [-0.4, -0.2) is 12.5 Å². The van der Waals surface area contributed by atoms with Crippen molar-refractivity contribution in [2.45, 2.75) is 19.3 Å². The van der Waals surface area contributed by atoms with Gasteiger partial charge in [0.05, 0.1) is 5.56 Å². The van der Waals surface area contributed by atoms with Crippen LogP contribution in [0.2, 0.25) is 0 Å². The Morgan fingerprint density at radius 1 is 1.10 bits per heavy atom. The standard InChI is InChI=1S/C17H17Br2NO/c1-17(2,12-6-4-3-5-7-12)11-20-16(21)14-9-8-13(18)10-15(14)19/h3-10H,11H2,1-2H3,(H,20,21). The first-order valence-corrected chi connectivity index (χ1v) is 8.27. The topological polar surface area (TPSA) is 29.1 Å². The molecule has 0 aliphatic heterocycles. The first-order chi connectivity index (χ1) is 9.90. The van der Waals surface area contributed by atoms with E-state index in [9.17, 15) is 4.79 Å². The molecule has 0 atom stereocenters. The Bertz CT molecular complexity index is 638. The minimum absolute atomic E-state index is 0.0709. The van der Waals surface area contributed by atoms with Crippen LogP contribution in [0.15, 0.2) is 57.5 Å². The van der Waals surface area contributed by atoms with Crippen LogP contribution in [0.3, 0.4) is 0 Å². The predicted molar refractivity (Wildman–Crippen MR) is 93.6 cm³/mol. The highest BCUT2D eigenvalue weighted by Gasteiger charge is 2.21. The molecule has 0 spiro atoms. The summed E-state index contributed by atoms with van der Waals surface area (Å²) in [7, 11) is 0. The summed E-state index contributed by atoms with van der Waals surface area (Å²) in [5.41, 5.74) is 1.74. The zero-order chi connectivity index (χ0) is 15.5. The van der Waals surface area contributed by atoms with Gasteiger partial charge in [0.25, 0.3) is 5.91 Å². The number of nitrogens with one attached hydrogen (secondary N) is 1. The van der Waals surface area contributed by atoms with E-state index < -0.39 is 0 Å². The maximum atomic E-state index is 12.3. The molecule has 21 heavy (non-hydrogen) atoms. The number of benzene rings is 2. The van der Waals surface area contributed by atoms with E-state index in [1.807, 2.05) is 30.3 Å². The van der Waals surface area contributed by atoms with E-state index in [1.165, 1.54) is 5.56 Å². The second kappa shape index (κ2) is 6.75. The van der Waals surface area contributed by atoms with Crippen LogP contribution in [0.4, 0.5) is 0 Å². The molecule has 0 aromatic heterocycles. The molecule has 2 aromatic carbocycles. The van der Waals surface area contributed by atoms with E-state index in [4.69, 9.17) is 0 Å². The fourth-order valence-electron chi connectivity index (χ4n) is 2.06. The van der Waals surface area contributed by atoms with Crippen LogP contribution in [0.5, 0.6) is 0 Å². The summed E-state index contributed by atoms with van der Waals surface area (Å²) >= 11 is 6.81. The van der Waals surface area contributed by atoms with Crippen LogP contribution in [0.25, 0.3) is 0 Å². The average molecular weight is 411 g/mol. The number of hydrogen-bond donors (Lipinski definition) is 1. The van der Waals surface area contributed by atoms with E-state index in [-0.39, 0.29) is 11.3 Å². The highest BCUT2D eigenvalue weighted by atomic mass is 79.9. The van der Waals surface area contributed by atoms with Crippen molar-refractivity contribution in [2.75, 3.05) is 6.54 Å². The van der Waals surface area contributed by atoms with Gasteiger partial charge in [0.15, 0.2) is 0 Å². The average Bonchev–Trinajstić information content (AvgIpc) is 2.46. The van der Waals surface area contributed by atoms with Crippen molar-refractivity contribution in [1.82, 2.24) is 5.32 Å². The molecule has 2 rings (SSSR count). The fourth-order valence-corrected chi connectivity index (χ4v) is 3.29. The molecule has 110 valence electrons. The summed E-state index contributed by atoms with van der Waals surface area (Å²) < 4.78 is 1.72. The SMILES string of the molecule is CC(C)(CNC(=O)c1ccc(Br)cc1Br)c1ccccc1. The van der Waals surface area contributed by atoms with Gasteiger partial charge in [0.2, 0.25) is 0 Å². The van der Waals surface area contributed by atoms with Crippen molar-refractivity contribution >= 4 is 37.8 Å². The monoisotopic (exact) mass is 409 g/mol. The van der Waals surface area contributed by atoms with Gasteiger partial charge >= 0.3 is 0 Å². The molecule has 0 bridgehead atoms. The van der Waals surface area contributed by atoms with E-state index in [0.717, 1.165) is 8.95 Å². The molecular formula is C17H17Br2NO. The Hall–Kier alpha value is -1.13. The van der Waals surface area contributed by atoms with Crippen molar-refractivity contribution in [1.29, 1.82) is 0 Å². The molecule has 2 nitrogen and oxygen atoms in total. The quantitative estimate of drug-likeness (QED) is 0.761. The molecule has 4 heteroatoms. The second-order valence-corrected chi connectivity index (χ2v) is 7.33. The van der Waals surface area contributed by atoms with E-state index >= 15 is 0 Å². The number of carbonyl (C=O) groups excluding carboxylic acids is 1. The second-order valence-electron chi connectivity index (χ2n) is 5.56. The Labute approximate surface area is 142 Å². The number of halogens is 2. The van der Waals surface area contributed by atoms with Gasteiger partial charge in [-0.1, -0.05) is 60.1 Å². The zero-order valence-electron chi connectivity index (χ0n) is 12.0. The van der Waals surface area contributed by atoms with E-state index in [1.54, 1.807) is 6.07 Å². The summed E-state index contributed by atoms with van der Waals surface area (Å²) in [6.07, 6.45) is 0.